The lowest BCUT2D eigenvalue weighted by atomic mass is 9.96. The Balaban J connectivity index is 2.17. The highest BCUT2D eigenvalue weighted by Gasteiger charge is 2.26. The van der Waals surface area contributed by atoms with Crippen molar-refractivity contribution in [1.82, 2.24) is 4.98 Å². The van der Waals surface area contributed by atoms with E-state index in [9.17, 15) is 0 Å². The highest BCUT2D eigenvalue weighted by atomic mass is 35.5. The van der Waals surface area contributed by atoms with Crippen LogP contribution in [0, 0.1) is 5.92 Å². The summed E-state index contributed by atoms with van der Waals surface area (Å²) in [6.45, 7) is 4.02. The molecular formula is C12H18ClN3O. The van der Waals surface area contributed by atoms with Crippen molar-refractivity contribution >= 4 is 23.1 Å². The molecule has 1 saturated heterocycles. The molecule has 1 aromatic heterocycles. The molecule has 94 valence electrons. The van der Waals surface area contributed by atoms with Crippen LogP contribution >= 0.6 is 11.6 Å². The van der Waals surface area contributed by atoms with Gasteiger partial charge in [-0.15, -0.1) is 0 Å². The number of rotatable bonds is 2. The van der Waals surface area contributed by atoms with Crippen LogP contribution in [0.15, 0.2) is 12.1 Å². The lowest BCUT2D eigenvalue weighted by Gasteiger charge is -2.37. The van der Waals surface area contributed by atoms with E-state index in [4.69, 9.17) is 22.1 Å². The summed E-state index contributed by atoms with van der Waals surface area (Å²) in [6, 6.07) is 3.51. The minimum Gasteiger partial charge on any atom is -0.399 e. The zero-order chi connectivity index (χ0) is 12.4. The molecule has 4 nitrogen and oxygen atoms in total. The van der Waals surface area contributed by atoms with Crippen molar-refractivity contribution in [2.75, 3.05) is 30.8 Å². The molecule has 1 aliphatic rings. The van der Waals surface area contributed by atoms with Crippen LogP contribution in [0.3, 0.4) is 0 Å². The summed E-state index contributed by atoms with van der Waals surface area (Å²) in [5.41, 5.74) is 6.42. The monoisotopic (exact) mass is 255 g/mol. The maximum Gasteiger partial charge on any atom is 0.133 e. The van der Waals surface area contributed by atoms with E-state index in [0.717, 1.165) is 25.3 Å². The van der Waals surface area contributed by atoms with Crippen LogP contribution in [0.2, 0.25) is 5.15 Å². The molecule has 0 radical (unpaired) electrons. The van der Waals surface area contributed by atoms with Gasteiger partial charge < -0.3 is 15.4 Å². The molecule has 5 heteroatoms. The Kier molecular flexibility index (Phi) is 3.74. The normalized spacial score (nSPS) is 25.0. The van der Waals surface area contributed by atoms with E-state index >= 15 is 0 Å². The van der Waals surface area contributed by atoms with Crippen LogP contribution in [0.1, 0.15) is 13.3 Å². The lowest BCUT2D eigenvalue weighted by Crippen LogP contribution is -2.44. The smallest absolute Gasteiger partial charge is 0.133 e. The number of pyridine rings is 1. The molecule has 0 aliphatic carbocycles. The molecule has 2 N–H and O–H groups in total. The van der Waals surface area contributed by atoms with Gasteiger partial charge in [-0.05, 0) is 18.4 Å². The van der Waals surface area contributed by atoms with Crippen LogP contribution in [-0.4, -0.2) is 31.3 Å². The number of piperidine rings is 1. The first-order valence-electron chi connectivity index (χ1n) is 5.81. The maximum atomic E-state index is 5.92. The first kappa shape index (κ1) is 12.5. The minimum absolute atomic E-state index is 0.241. The van der Waals surface area contributed by atoms with Crippen molar-refractivity contribution in [3.8, 4) is 0 Å². The Morgan fingerprint density at radius 2 is 2.29 bits per heavy atom. The number of halogens is 1. The summed E-state index contributed by atoms with van der Waals surface area (Å²) in [7, 11) is 1.75. The third kappa shape index (κ3) is 2.82. The number of nitrogen functional groups attached to an aromatic ring is 1. The van der Waals surface area contributed by atoms with Gasteiger partial charge in [0.2, 0.25) is 0 Å². The van der Waals surface area contributed by atoms with Crippen molar-refractivity contribution < 1.29 is 4.74 Å². The van der Waals surface area contributed by atoms with Gasteiger partial charge in [0.25, 0.3) is 0 Å². The predicted molar refractivity (Wildman–Crippen MR) is 70.5 cm³/mol. The second-order valence-electron chi connectivity index (χ2n) is 4.57. The van der Waals surface area contributed by atoms with E-state index in [0.29, 0.717) is 16.8 Å². The molecule has 0 amide bonds. The maximum absolute atomic E-state index is 5.92. The molecule has 1 fully saturated rings. The van der Waals surface area contributed by atoms with E-state index in [1.165, 1.54) is 0 Å². The highest BCUT2D eigenvalue weighted by molar-refractivity contribution is 6.29. The second kappa shape index (κ2) is 5.10. The Morgan fingerprint density at radius 1 is 1.53 bits per heavy atom. The Bertz CT molecular complexity index is 379. The first-order valence-corrected chi connectivity index (χ1v) is 6.18. The van der Waals surface area contributed by atoms with Crippen molar-refractivity contribution in [1.29, 1.82) is 0 Å². The van der Waals surface area contributed by atoms with E-state index in [-0.39, 0.29) is 6.10 Å². The lowest BCUT2D eigenvalue weighted by molar-refractivity contribution is 0.0496. The number of anilines is 2. The van der Waals surface area contributed by atoms with Crippen LogP contribution in [0.25, 0.3) is 0 Å². The van der Waals surface area contributed by atoms with Gasteiger partial charge in [-0.3, -0.25) is 0 Å². The van der Waals surface area contributed by atoms with Crippen LogP contribution in [0.5, 0.6) is 0 Å². The second-order valence-corrected chi connectivity index (χ2v) is 4.95. The quantitative estimate of drug-likeness (QED) is 0.823. The molecule has 2 unspecified atom stereocenters. The van der Waals surface area contributed by atoms with Gasteiger partial charge in [0.15, 0.2) is 0 Å². The predicted octanol–water partition coefficient (Wildman–Crippen LogP) is 2.18. The number of nitrogens with two attached hydrogens (primary N) is 1. The fourth-order valence-corrected chi connectivity index (χ4v) is 2.43. The summed E-state index contributed by atoms with van der Waals surface area (Å²) in [4.78, 5) is 6.48. The molecule has 0 spiro atoms. The summed E-state index contributed by atoms with van der Waals surface area (Å²) < 4.78 is 5.48. The van der Waals surface area contributed by atoms with Crippen molar-refractivity contribution in [2.45, 2.75) is 19.4 Å². The topological polar surface area (TPSA) is 51.4 Å². The van der Waals surface area contributed by atoms with Crippen LogP contribution in [-0.2, 0) is 4.74 Å². The molecule has 1 aliphatic heterocycles. The highest BCUT2D eigenvalue weighted by Crippen LogP contribution is 2.26. The van der Waals surface area contributed by atoms with Gasteiger partial charge in [0.05, 0.1) is 6.10 Å². The summed E-state index contributed by atoms with van der Waals surface area (Å²) in [6.07, 6.45) is 1.33. The van der Waals surface area contributed by atoms with E-state index in [1.54, 1.807) is 13.2 Å². The number of hydrogen-bond acceptors (Lipinski definition) is 4. The summed E-state index contributed by atoms with van der Waals surface area (Å²) in [5, 5.41) is 0.438. The molecule has 0 aromatic carbocycles. The van der Waals surface area contributed by atoms with E-state index in [1.807, 2.05) is 6.07 Å². The van der Waals surface area contributed by atoms with Crippen LogP contribution < -0.4 is 10.6 Å². The molecule has 1 aromatic rings. The molecule has 2 atom stereocenters. The first-order chi connectivity index (χ1) is 8.10. The van der Waals surface area contributed by atoms with E-state index < -0.39 is 0 Å². The molecule has 0 bridgehead atoms. The number of hydrogen-bond donors (Lipinski definition) is 1. The minimum atomic E-state index is 0.241. The average Bonchev–Trinajstić information content (AvgIpc) is 2.28. The number of nitrogens with zero attached hydrogens (tertiary/aromatic N) is 2. The van der Waals surface area contributed by atoms with Crippen molar-refractivity contribution in [2.24, 2.45) is 5.92 Å². The molecule has 0 saturated carbocycles. The Morgan fingerprint density at radius 3 is 2.94 bits per heavy atom. The van der Waals surface area contributed by atoms with Gasteiger partial charge >= 0.3 is 0 Å². The van der Waals surface area contributed by atoms with Gasteiger partial charge in [0.1, 0.15) is 11.0 Å². The van der Waals surface area contributed by atoms with Crippen LogP contribution in [0.4, 0.5) is 11.5 Å². The van der Waals surface area contributed by atoms with Gasteiger partial charge in [-0.2, -0.15) is 0 Å². The molecule has 17 heavy (non-hydrogen) atoms. The molecular weight excluding hydrogens is 238 g/mol. The van der Waals surface area contributed by atoms with Gasteiger partial charge in [-0.25, -0.2) is 4.98 Å². The summed E-state index contributed by atoms with van der Waals surface area (Å²) in [5.74, 6) is 1.41. The third-order valence-corrected chi connectivity index (χ3v) is 3.51. The molecule has 2 rings (SSSR count). The summed E-state index contributed by atoms with van der Waals surface area (Å²) >= 11 is 5.92. The Hall–Kier alpha value is -1.00. The standard InChI is InChI=1S/C12H18ClN3O/c1-8-3-4-16(7-10(8)17-2)12-6-9(14)5-11(13)15-12/h5-6,8,10H,3-4,7H2,1-2H3,(H2,14,15). The SMILES string of the molecule is COC1CN(c2cc(N)cc(Cl)n2)CCC1C. The van der Waals surface area contributed by atoms with Gasteiger partial charge in [-0.1, -0.05) is 18.5 Å². The fraction of sp³-hybridized carbons (Fsp3) is 0.583. The fourth-order valence-electron chi connectivity index (χ4n) is 2.21. The number of methoxy groups -OCH3 is 1. The average molecular weight is 256 g/mol. The zero-order valence-corrected chi connectivity index (χ0v) is 10.9. The Labute approximate surface area is 107 Å². The number of ether oxygens (including phenoxy) is 1. The molecule has 2 heterocycles. The number of aromatic nitrogens is 1. The zero-order valence-electron chi connectivity index (χ0n) is 10.2. The van der Waals surface area contributed by atoms with Crippen molar-refractivity contribution in [3.63, 3.8) is 0 Å². The van der Waals surface area contributed by atoms with E-state index in [2.05, 4.69) is 16.8 Å². The third-order valence-electron chi connectivity index (χ3n) is 3.32. The van der Waals surface area contributed by atoms with Gasteiger partial charge in [0, 0.05) is 32.0 Å². The van der Waals surface area contributed by atoms with Crippen molar-refractivity contribution in [3.05, 3.63) is 17.3 Å². The largest absolute Gasteiger partial charge is 0.399 e.